The second kappa shape index (κ2) is 9.33. The Balaban J connectivity index is 1.89. The van der Waals surface area contributed by atoms with E-state index in [1.807, 2.05) is 0 Å². The first kappa shape index (κ1) is 23.2. The Bertz CT molecular complexity index is 1090. The van der Waals surface area contributed by atoms with E-state index in [-0.39, 0.29) is 23.0 Å². The molecule has 8 nitrogen and oxygen atoms in total. The topological polar surface area (TPSA) is 123 Å². The standard InChI is InChI=1S/C23H27FN4O4/c1-12(2)19(21(25)30)27-23(32)20(29)18-11-15(17-6-4-5-9-28(17)18)22(31)26-14-7-8-16(24)13(3)10-14/h7-8,10-12,19H,4-6,9H2,1-3H3,(H2,25,30)(H,26,31)(H,27,32)/t19-/m0/s1. The zero-order valence-electron chi connectivity index (χ0n) is 18.3. The van der Waals surface area contributed by atoms with Crippen molar-refractivity contribution in [2.45, 2.75) is 52.6 Å². The molecule has 1 aliphatic rings. The molecule has 2 heterocycles. The summed E-state index contributed by atoms with van der Waals surface area (Å²) in [5.41, 5.74) is 7.19. The zero-order valence-corrected chi connectivity index (χ0v) is 18.3. The summed E-state index contributed by atoms with van der Waals surface area (Å²) in [6, 6.07) is 4.67. The van der Waals surface area contributed by atoms with Crippen molar-refractivity contribution in [2.75, 3.05) is 5.32 Å². The number of anilines is 1. The maximum atomic E-state index is 13.5. The van der Waals surface area contributed by atoms with Crippen LogP contribution in [0.1, 0.15) is 58.8 Å². The number of aryl methyl sites for hydroxylation is 1. The number of carbonyl (C=O) groups excluding carboxylic acids is 4. The molecule has 1 aliphatic heterocycles. The molecule has 4 N–H and O–H groups in total. The van der Waals surface area contributed by atoms with E-state index in [0.717, 1.165) is 12.8 Å². The molecule has 0 unspecified atom stereocenters. The van der Waals surface area contributed by atoms with E-state index in [0.29, 0.717) is 29.9 Å². The number of benzene rings is 1. The molecule has 0 radical (unpaired) electrons. The van der Waals surface area contributed by atoms with Gasteiger partial charge in [0.25, 0.3) is 17.6 Å². The lowest BCUT2D eigenvalue weighted by Crippen LogP contribution is -2.50. The smallest absolute Gasteiger partial charge is 0.294 e. The highest BCUT2D eigenvalue weighted by atomic mass is 19.1. The average molecular weight is 442 g/mol. The molecule has 0 spiro atoms. The highest BCUT2D eigenvalue weighted by Crippen LogP contribution is 2.25. The number of hydrogen-bond acceptors (Lipinski definition) is 4. The Morgan fingerprint density at radius 3 is 2.47 bits per heavy atom. The quantitative estimate of drug-likeness (QED) is 0.450. The van der Waals surface area contributed by atoms with Gasteiger partial charge >= 0.3 is 0 Å². The number of fused-ring (bicyclic) bond motifs is 1. The Kier molecular flexibility index (Phi) is 6.76. The molecule has 0 saturated carbocycles. The number of nitrogens with one attached hydrogen (secondary N) is 2. The van der Waals surface area contributed by atoms with E-state index >= 15 is 0 Å². The summed E-state index contributed by atoms with van der Waals surface area (Å²) < 4.78 is 15.2. The van der Waals surface area contributed by atoms with Crippen molar-refractivity contribution in [1.29, 1.82) is 0 Å². The third-order valence-corrected chi connectivity index (χ3v) is 5.61. The monoisotopic (exact) mass is 442 g/mol. The number of Topliss-reactive ketones (excluding diaryl/α,β-unsaturated/α-hetero) is 1. The maximum Gasteiger partial charge on any atom is 0.294 e. The maximum absolute atomic E-state index is 13.5. The number of halogens is 1. The molecule has 0 bridgehead atoms. The van der Waals surface area contributed by atoms with Gasteiger partial charge in [-0.05, 0) is 61.9 Å². The Hall–Kier alpha value is -3.49. The Morgan fingerprint density at radius 1 is 1.12 bits per heavy atom. The van der Waals surface area contributed by atoms with Gasteiger partial charge in [0, 0.05) is 17.9 Å². The first-order valence-corrected chi connectivity index (χ1v) is 10.5. The molecule has 2 aromatic rings. The van der Waals surface area contributed by atoms with Crippen LogP contribution in [0.4, 0.5) is 10.1 Å². The molecule has 3 amide bonds. The summed E-state index contributed by atoms with van der Waals surface area (Å²) in [6.45, 7) is 5.50. The van der Waals surface area contributed by atoms with Gasteiger partial charge in [0.05, 0.1) is 11.3 Å². The van der Waals surface area contributed by atoms with Gasteiger partial charge in [0.1, 0.15) is 11.9 Å². The molecule has 0 aliphatic carbocycles. The largest absolute Gasteiger partial charge is 0.368 e. The van der Waals surface area contributed by atoms with Crippen LogP contribution >= 0.6 is 0 Å². The lowest BCUT2D eigenvalue weighted by molar-refractivity contribution is -0.126. The number of aromatic nitrogens is 1. The number of carbonyl (C=O) groups is 4. The third kappa shape index (κ3) is 4.71. The van der Waals surface area contributed by atoms with Crippen LogP contribution in [0, 0.1) is 18.7 Å². The van der Waals surface area contributed by atoms with Crippen LogP contribution in [0.3, 0.4) is 0 Å². The first-order valence-electron chi connectivity index (χ1n) is 10.5. The molecule has 1 aromatic heterocycles. The number of rotatable bonds is 7. The van der Waals surface area contributed by atoms with E-state index in [1.54, 1.807) is 25.3 Å². The molecule has 32 heavy (non-hydrogen) atoms. The van der Waals surface area contributed by atoms with Gasteiger partial charge in [-0.2, -0.15) is 0 Å². The van der Waals surface area contributed by atoms with Crippen LogP contribution in [0.5, 0.6) is 0 Å². The second-order valence-corrected chi connectivity index (χ2v) is 8.34. The van der Waals surface area contributed by atoms with Crippen molar-refractivity contribution in [1.82, 2.24) is 9.88 Å². The van der Waals surface area contributed by atoms with Crippen LogP contribution in [-0.4, -0.2) is 34.1 Å². The SMILES string of the molecule is Cc1cc(NC(=O)c2cc(C(=O)C(=O)N[C@H](C(N)=O)C(C)C)n3c2CCCC3)ccc1F. The van der Waals surface area contributed by atoms with Crippen molar-refractivity contribution in [3.8, 4) is 0 Å². The Morgan fingerprint density at radius 2 is 1.84 bits per heavy atom. The molecule has 0 saturated heterocycles. The number of amides is 3. The van der Waals surface area contributed by atoms with Gasteiger partial charge in [-0.15, -0.1) is 0 Å². The van der Waals surface area contributed by atoms with Gasteiger partial charge in [-0.3, -0.25) is 19.2 Å². The summed E-state index contributed by atoms with van der Waals surface area (Å²) >= 11 is 0. The fraction of sp³-hybridized carbons (Fsp3) is 0.391. The Labute approximate surface area is 185 Å². The van der Waals surface area contributed by atoms with E-state index in [4.69, 9.17) is 5.73 Å². The third-order valence-electron chi connectivity index (χ3n) is 5.61. The summed E-state index contributed by atoms with van der Waals surface area (Å²) in [7, 11) is 0. The second-order valence-electron chi connectivity index (χ2n) is 8.34. The molecule has 1 atom stereocenters. The van der Waals surface area contributed by atoms with Gasteiger partial charge < -0.3 is 20.9 Å². The van der Waals surface area contributed by atoms with Gasteiger partial charge in [0.15, 0.2) is 0 Å². The summed E-state index contributed by atoms with van der Waals surface area (Å²) in [5.74, 6) is -3.62. The molecule has 3 rings (SSSR count). The highest BCUT2D eigenvalue weighted by molar-refractivity contribution is 6.43. The van der Waals surface area contributed by atoms with E-state index in [9.17, 15) is 23.6 Å². The minimum absolute atomic E-state index is 0.0876. The van der Waals surface area contributed by atoms with Crippen LogP contribution in [0.25, 0.3) is 0 Å². The molecular weight excluding hydrogens is 415 g/mol. The molecule has 170 valence electrons. The number of primary amides is 1. The number of nitrogens with zero attached hydrogens (tertiary/aromatic N) is 1. The summed E-state index contributed by atoms with van der Waals surface area (Å²) in [5, 5.41) is 5.13. The van der Waals surface area contributed by atoms with E-state index in [1.165, 1.54) is 24.3 Å². The lowest BCUT2D eigenvalue weighted by atomic mass is 10.0. The average Bonchev–Trinajstić information content (AvgIpc) is 3.13. The molecular formula is C23H27FN4O4. The molecule has 9 heteroatoms. The number of nitrogens with two attached hydrogens (primary N) is 1. The van der Waals surface area contributed by atoms with Crippen molar-refractivity contribution in [3.63, 3.8) is 0 Å². The van der Waals surface area contributed by atoms with Crippen LogP contribution in [0.2, 0.25) is 0 Å². The van der Waals surface area contributed by atoms with Crippen molar-refractivity contribution in [3.05, 3.63) is 52.6 Å². The fourth-order valence-corrected chi connectivity index (χ4v) is 3.87. The van der Waals surface area contributed by atoms with Crippen LogP contribution < -0.4 is 16.4 Å². The van der Waals surface area contributed by atoms with E-state index in [2.05, 4.69) is 10.6 Å². The minimum Gasteiger partial charge on any atom is -0.368 e. The normalized spacial score (nSPS) is 13.9. The fourth-order valence-electron chi connectivity index (χ4n) is 3.87. The first-order chi connectivity index (χ1) is 15.1. The van der Waals surface area contributed by atoms with Crippen LogP contribution in [0.15, 0.2) is 24.3 Å². The van der Waals surface area contributed by atoms with Crippen molar-refractivity contribution >= 4 is 29.2 Å². The van der Waals surface area contributed by atoms with Gasteiger partial charge in [-0.25, -0.2) is 4.39 Å². The van der Waals surface area contributed by atoms with Gasteiger partial charge in [0.2, 0.25) is 5.91 Å². The minimum atomic E-state index is -0.980. The molecule has 1 aromatic carbocycles. The van der Waals surface area contributed by atoms with Crippen LogP contribution in [-0.2, 0) is 22.6 Å². The van der Waals surface area contributed by atoms with E-state index < -0.39 is 29.5 Å². The summed E-state index contributed by atoms with van der Waals surface area (Å²) in [4.78, 5) is 50.0. The number of ketones is 1. The predicted molar refractivity (Wildman–Crippen MR) is 117 cm³/mol. The number of hydrogen-bond donors (Lipinski definition) is 3. The van der Waals surface area contributed by atoms with Gasteiger partial charge in [-0.1, -0.05) is 13.8 Å². The van der Waals surface area contributed by atoms with Crippen molar-refractivity contribution < 1.29 is 23.6 Å². The van der Waals surface area contributed by atoms with Crippen molar-refractivity contribution in [2.24, 2.45) is 11.7 Å². The zero-order chi connectivity index (χ0) is 23.6. The summed E-state index contributed by atoms with van der Waals surface area (Å²) in [6.07, 6.45) is 2.23. The lowest BCUT2D eigenvalue weighted by Gasteiger charge is -2.20. The predicted octanol–water partition coefficient (Wildman–Crippen LogP) is 2.33. The molecule has 0 fully saturated rings. The highest BCUT2D eigenvalue weighted by Gasteiger charge is 2.31.